The highest BCUT2D eigenvalue weighted by atomic mass is 32.2. The van der Waals surface area contributed by atoms with Crippen LogP contribution in [0.25, 0.3) is 0 Å². The van der Waals surface area contributed by atoms with Crippen molar-refractivity contribution in [2.24, 2.45) is 11.7 Å². The molecule has 0 bridgehead atoms. The quantitative estimate of drug-likeness (QED) is 0.355. The number of amides is 2. The first-order chi connectivity index (χ1) is 18.1. The van der Waals surface area contributed by atoms with Gasteiger partial charge in [-0.2, -0.15) is 17.0 Å². The SMILES string of the molecule is CCCCN1CCN(CC(=O)N[C@@H](Cc2ccccc2)[C@@H](N)C[C@@H](C)C(=O)Nc2ccc(F)cc2)S1(=O)=O. The number of hydrogen-bond acceptors (Lipinski definition) is 5. The zero-order valence-corrected chi connectivity index (χ0v) is 22.8. The van der Waals surface area contributed by atoms with Crippen molar-refractivity contribution in [1.29, 1.82) is 0 Å². The molecule has 11 heteroatoms. The van der Waals surface area contributed by atoms with Crippen molar-refractivity contribution in [2.75, 3.05) is 31.5 Å². The first-order valence-corrected chi connectivity index (χ1v) is 14.4. The Bertz CT molecular complexity index is 1160. The van der Waals surface area contributed by atoms with Crippen LogP contribution >= 0.6 is 0 Å². The summed E-state index contributed by atoms with van der Waals surface area (Å²) in [7, 11) is -3.67. The maximum Gasteiger partial charge on any atom is 0.282 e. The Morgan fingerprint density at radius 2 is 1.71 bits per heavy atom. The van der Waals surface area contributed by atoms with E-state index in [1.165, 1.54) is 32.9 Å². The van der Waals surface area contributed by atoms with Crippen LogP contribution in [0.4, 0.5) is 10.1 Å². The Balaban J connectivity index is 1.64. The molecule has 0 unspecified atom stereocenters. The number of carbonyl (C=O) groups excluding carboxylic acids is 2. The van der Waals surface area contributed by atoms with Crippen LogP contribution in [0.5, 0.6) is 0 Å². The predicted octanol–water partition coefficient (Wildman–Crippen LogP) is 2.51. The molecule has 1 saturated heterocycles. The highest BCUT2D eigenvalue weighted by Crippen LogP contribution is 2.18. The van der Waals surface area contributed by atoms with E-state index in [1.54, 1.807) is 6.92 Å². The zero-order valence-electron chi connectivity index (χ0n) is 22.0. The van der Waals surface area contributed by atoms with Gasteiger partial charge in [0.2, 0.25) is 11.8 Å². The van der Waals surface area contributed by atoms with Crippen molar-refractivity contribution >= 4 is 27.7 Å². The second kappa shape index (κ2) is 13.8. The highest BCUT2D eigenvalue weighted by molar-refractivity contribution is 7.87. The third-order valence-corrected chi connectivity index (χ3v) is 8.66. The lowest BCUT2D eigenvalue weighted by molar-refractivity contribution is -0.122. The van der Waals surface area contributed by atoms with Crippen LogP contribution in [-0.4, -0.2) is 67.1 Å². The van der Waals surface area contributed by atoms with Gasteiger partial charge < -0.3 is 16.4 Å². The topological polar surface area (TPSA) is 125 Å². The van der Waals surface area contributed by atoms with Crippen molar-refractivity contribution in [3.05, 3.63) is 66.0 Å². The molecule has 2 aromatic carbocycles. The van der Waals surface area contributed by atoms with E-state index in [-0.39, 0.29) is 25.4 Å². The third kappa shape index (κ3) is 8.32. The maximum absolute atomic E-state index is 13.2. The third-order valence-electron chi connectivity index (χ3n) is 6.68. The Kier molecular flexibility index (Phi) is 10.8. The standard InChI is InChI=1S/C27H38FN5O4S/c1-3-4-14-32-15-16-33(38(32,36)37)19-26(34)31-25(18-21-8-6-5-7-9-21)24(29)17-20(2)27(35)30-23-12-10-22(28)11-13-23/h5-13,20,24-25H,3-4,14-19,29H2,1-2H3,(H,30,35)(H,31,34)/t20-,24+,25+/m1/s1. The lowest BCUT2D eigenvalue weighted by Gasteiger charge is -2.28. The molecular formula is C27H38FN5O4S. The van der Waals surface area contributed by atoms with Crippen LogP contribution in [0, 0.1) is 11.7 Å². The lowest BCUT2D eigenvalue weighted by Crippen LogP contribution is -2.52. The van der Waals surface area contributed by atoms with Crippen molar-refractivity contribution in [3.63, 3.8) is 0 Å². The van der Waals surface area contributed by atoms with Gasteiger partial charge in [-0.25, -0.2) is 4.39 Å². The van der Waals surface area contributed by atoms with Crippen molar-refractivity contribution < 1.29 is 22.4 Å². The minimum atomic E-state index is -3.67. The summed E-state index contributed by atoms with van der Waals surface area (Å²) >= 11 is 0. The summed E-state index contributed by atoms with van der Waals surface area (Å²) in [6, 6.07) is 13.9. The van der Waals surface area contributed by atoms with Crippen LogP contribution in [0.3, 0.4) is 0 Å². The predicted molar refractivity (Wildman–Crippen MR) is 146 cm³/mol. The Morgan fingerprint density at radius 1 is 1.05 bits per heavy atom. The Hall–Kier alpha value is -2.86. The Labute approximate surface area is 224 Å². The molecule has 0 spiro atoms. The van der Waals surface area contributed by atoms with E-state index in [0.29, 0.717) is 25.2 Å². The zero-order chi connectivity index (χ0) is 27.7. The van der Waals surface area contributed by atoms with Gasteiger partial charge in [0, 0.05) is 43.3 Å². The number of nitrogens with one attached hydrogen (secondary N) is 2. The van der Waals surface area contributed by atoms with Gasteiger partial charge in [-0.1, -0.05) is 50.6 Å². The number of rotatable bonds is 13. The van der Waals surface area contributed by atoms with Crippen LogP contribution in [0.1, 0.15) is 38.7 Å². The number of halogens is 1. The average molecular weight is 548 g/mol. The van der Waals surface area contributed by atoms with Gasteiger partial charge in [0.1, 0.15) is 5.82 Å². The number of nitrogens with two attached hydrogens (primary N) is 1. The fourth-order valence-corrected chi connectivity index (χ4v) is 6.00. The normalized spacial score (nSPS) is 18.0. The molecule has 3 rings (SSSR count). The average Bonchev–Trinajstić information content (AvgIpc) is 3.16. The van der Waals surface area contributed by atoms with Gasteiger partial charge in [-0.3, -0.25) is 9.59 Å². The second-order valence-corrected chi connectivity index (χ2v) is 11.7. The lowest BCUT2D eigenvalue weighted by atomic mass is 9.92. The van der Waals surface area contributed by atoms with Crippen LogP contribution in [0.2, 0.25) is 0 Å². The molecule has 1 heterocycles. The molecule has 2 aromatic rings. The molecule has 38 heavy (non-hydrogen) atoms. The summed E-state index contributed by atoms with van der Waals surface area (Å²) in [5.41, 5.74) is 7.95. The van der Waals surface area contributed by atoms with E-state index >= 15 is 0 Å². The molecular weight excluding hydrogens is 509 g/mol. The van der Waals surface area contributed by atoms with E-state index in [0.717, 1.165) is 18.4 Å². The molecule has 9 nitrogen and oxygen atoms in total. The second-order valence-electron chi connectivity index (χ2n) is 9.75. The first kappa shape index (κ1) is 29.7. The number of unbranched alkanes of at least 4 members (excludes halogenated alkanes) is 1. The van der Waals surface area contributed by atoms with E-state index in [4.69, 9.17) is 5.73 Å². The molecule has 0 aliphatic carbocycles. The van der Waals surface area contributed by atoms with E-state index < -0.39 is 39.9 Å². The fraction of sp³-hybridized carbons (Fsp3) is 0.481. The van der Waals surface area contributed by atoms with Gasteiger partial charge in [-0.05, 0) is 49.1 Å². The molecule has 0 radical (unpaired) electrons. The summed E-state index contributed by atoms with van der Waals surface area (Å²) < 4.78 is 41.4. The van der Waals surface area contributed by atoms with Crippen LogP contribution in [0.15, 0.2) is 54.6 Å². The molecule has 4 N–H and O–H groups in total. The van der Waals surface area contributed by atoms with Crippen molar-refractivity contribution in [1.82, 2.24) is 13.9 Å². The molecule has 0 saturated carbocycles. The van der Waals surface area contributed by atoms with Gasteiger partial charge in [-0.15, -0.1) is 0 Å². The minimum Gasteiger partial charge on any atom is -0.350 e. The van der Waals surface area contributed by atoms with Gasteiger partial charge in [0.05, 0.1) is 6.54 Å². The highest BCUT2D eigenvalue weighted by Gasteiger charge is 2.37. The molecule has 1 aliphatic rings. The molecule has 0 aromatic heterocycles. The van der Waals surface area contributed by atoms with Crippen molar-refractivity contribution in [2.45, 2.75) is 51.6 Å². The number of carbonyl (C=O) groups is 2. The van der Waals surface area contributed by atoms with Crippen LogP contribution < -0.4 is 16.4 Å². The number of anilines is 1. The smallest absolute Gasteiger partial charge is 0.282 e. The molecule has 2 amide bonds. The number of benzene rings is 2. The van der Waals surface area contributed by atoms with Crippen molar-refractivity contribution in [3.8, 4) is 0 Å². The molecule has 3 atom stereocenters. The monoisotopic (exact) mass is 547 g/mol. The largest absolute Gasteiger partial charge is 0.350 e. The molecule has 208 valence electrons. The minimum absolute atomic E-state index is 0.259. The van der Waals surface area contributed by atoms with Gasteiger partial charge >= 0.3 is 0 Å². The first-order valence-electron chi connectivity index (χ1n) is 13.0. The summed E-state index contributed by atoms with van der Waals surface area (Å²) in [5.74, 6) is -1.60. The maximum atomic E-state index is 13.2. The molecule has 1 fully saturated rings. The van der Waals surface area contributed by atoms with E-state index in [2.05, 4.69) is 10.6 Å². The van der Waals surface area contributed by atoms with E-state index in [1.807, 2.05) is 37.3 Å². The summed E-state index contributed by atoms with van der Waals surface area (Å²) in [6.07, 6.45) is 2.35. The van der Waals surface area contributed by atoms with Gasteiger partial charge in [0.15, 0.2) is 0 Å². The van der Waals surface area contributed by atoms with Gasteiger partial charge in [0.25, 0.3) is 10.2 Å². The number of nitrogens with zero attached hydrogens (tertiary/aromatic N) is 2. The summed E-state index contributed by atoms with van der Waals surface area (Å²) in [4.78, 5) is 25.7. The Morgan fingerprint density at radius 3 is 2.37 bits per heavy atom. The summed E-state index contributed by atoms with van der Waals surface area (Å²) in [5, 5.41) is 5.68. The summed E-state index contributed by atoms with van der Waals surface area (Å²) in [6.45, 7) is 4.51. The van der Waals surface area contributed by atoms with E-state index in [9.17, 15) is 22.4 Å². The fourth-order valence-electron chi connectivity index (χ4n) is 4.41. The van der Waals surface area contributed by atoms with Crippen LogP contribution in [-0.2, 0) is 26.2 Å². The molecule has 1 aliphatic heterocycles. The number of hydrogen-bond donors (Lipinski definition) is 3.